The molecule has 1 heterocycles. The van der Waals surface area contributed by atoms with Crippen LogP contribution in [-0.4, -0.2) is 54.6 Å². The van der Waals surface area contributed by atoms with E-state index in [1.807, 2.05) is 0 Å². The van der Waals surface area contributed by atoms with E-state index in [2.05, 4.69) is 71.1 Å². The summed E-state index contributed by atoms with van der Waals surface area (Å²) in [7, 11) is 0. The van der Waals surface area contributed by atoms with Gasteiger partial charge in [0.2, 0.25) is 0 Å². The fourth-order valence-electron chi connectivity index (χ4n) is 4.33. The molecule has 3 rings (SSSR count). The Morgan fingerprint density at radius 3 is 2.50 bits per heavy atom. The molecule has 3 heteroatoms. The van der Waals surface area contributed by atoms with Crippen LogP contribution in [0.2, 0.25) is 0 Å². The van der Waals surface area contributed by atoms with E-state index in [1.165, 1.54) is 63.0 Å². The number of nitrogens with zero attached hydrogens (tertiary/aromatic N) is 2. The van der Waals surface area contributed by atoms with Crippen molar-refractivity contribution in [2.75, 3.05) is 39.3 Å². The van der Waals surface area contributed by atoms with Crippen molar-refractivity contribution < 1.29 is 0 Å². The zero-order valence-corrected chi connectivity index (χ0v) is 17.8. The predicted octanol–water partition coefficient (Wildman–Crippen LogP) is 4.62. The molecule has 1 N–H and O–H groups in total. The van der Waals surface area contributed by atoms with Crippen molar-refractivity contribution in [3.8, 4) is 0 Å². The van der Waals surface area contributed by atoms with Gasteiger partial charge in [0.25, 0.3) is 0 Å². The molecule has 0 unspecified atom stereocenters. The van der Waals surface area contributed by atoms with Crippen molar-refractivity contribution in [3.63, 3.8) is 0 Å². The zero-order valence-electron chi connectivity index (χ0n) is 17.8. The zero-order chi connectivity index (χ0) is 19.7. The predicted molar refractivity (Wildman–Crippen MR) is 121 cm³/mol. The van der Waals surface area contributed by atoms with Gasteiger partial charge in [0.1, 0.15) is 0 Å². The van der Waals surface area contributed by atoms with Gasteiger partial charge in [0.05, 0.1) is 0 Å². The fourth-order valence-corrected chi connectivity index (χ4v) is 4.33. The normalized spacial score (nSPS) is 19.9. The van der Waals surface area contributed by atoms with Crippen LogP contribution in [0.3, 0.4) is 0 Å². The molecule has 1 saturated carbocycles. The van der Waals surface area contributed by atoms with Crippen molar-refractivity contribution in [1.82, 2.24) is 15.1 Å². The van der Waals surface area contributed by atoms with Gasteiger partial charge in [0, 0.05) is 51.4 Å². The second-order valence-electron chi connectivity index (χ2n) is 8.61. The SMILES string of the molecule is C=C(CCC)CC/C=C\CNCC1(N2CCN(Cc3ccccc3)CC2)CC1. The van der Waals surface area contributed by atoms with Crippen molar-refractivity contribution in [1.29, 1.82) is 0 Å². The minimum Gasteiger partial charge on any atom is -0.311 e. The monoisotopic (exact) mass is 381 g/mol. The van der Waals surface area contributed by atoms with Crippen LogP contribution in [0.1, 0.15) is 51.0 Å². The molecule has 0 radical (unpaired) electrons. The molecule has 0 aromatic heterocycles. The highest BCUT2D eigenvalue weighted by Crippen LogP contribution is 2.41. The first-order valence-corrected chi connectivity index (χ1v) is 11.3. The second-order valence-corrected chi connectivity index (χ2v) is 8.61. The average Bonchev–Trinajstić information content (AvgIpc) is 3.50. The maximum Gasteiger partial charge on any atom is 0.0336 e. The third-order valence-corrected chi connectivity index (χ3v) is 6.27. The summed E-state index contributed by atoms with van der Waals surface area (Å²) >= 11 is 0. The smallest absolute Gasteiger partial charge is 0.0336 e. The Morgan fingerprint density at radius 1 is 1.07 bits per heavy atom. The minimum atomic E-state index is 0.447. The summed E-state index contributed by atoms with van der Waals surface area (Å²) in [5.74, 6) is 0. The number of hydrogen-bond acceptors (Lipinski definition) is 3. The average molecular weight is 382 g/mol. The molecule has 1 saturated heterocycles. The minimum absolute atomic E-state index is 0.447. The standard InChI is InChI=1S/C25H39N3/c1-3-10-23(2)11-6-5-9-16-26-22-25(14-15-25)28-19-17-27(18-20-28)21-24-12-7-4-8-13-24/h4-5,7-9,12-13,26H,2-3,6,10-11,14-22H2,1H3/b9-5-. The number of allylic oxidation sites excluding steroid dienone is 2. The molecule has 0 spiro atoms. The number of piperazine rings is 1. The van der Waals surface area contributed by atoms with Gasteiger partial charge in [-0.1, -0.05) is 68.0 Å². The molecule has 3 nitrogen and oxygen atoms in total. The third-order valence-electron chi connectivity index (χ3n) is 6.27. The van der Waals surface area contributed by atoms with E-state index in [0.29, 0.717) is 5.54 Å². The van der Waals surface area contributed by atoms with Crippen LogP contribution in [0.5, 0.6) is 0 Å². The van der Waals surface area contributed by atoms with Crippen LogP contribution in [0.4, 0.5) is 0 Å². The first-order valence-electron chi connectivity index (χ1n) is 11.3. The van der Waals surface area contributed by atoms with Crippen molar-refractivity contribution in [3.05, 3.63) is 60.2 Å². The maximum absolute atomic E-state index is 4.14. The highest BCUT2D eigenvalue weighted by Gasteiger charge is 2.47. The topological polar surface area (TPSA) is 18.5 Å². The lowest BCUT2D eigenvalue weighted by Crippen LogP contribution is -2.54. The second kappa shape index (κ2) is 10.9. The molecule has 1 aliphatic carbocycles. The summed E-state index contributed by atoms with van der Waals surface area (Å²) in [6.07, 6.45) is 12.0. The van der Waals surface area contributed by atoms with E-state index in [4.69, 9.17) is 0 Å². The lowest BCUT2D eigenvalue weighted by atomic mass is 10.1. The van der Waals surface area contributed by atoms with Gasteiger partial charge in [-0.15, -0.1) is 0 Å². The number of nitrogens with one attached hydrogen (secondary N) is 1. The van der Waals surface area contributed by atoms with E-state index in [-0.39, 0.29) is 0 Å². The number of benzene rings is 1. The molecule has 28 heavy (non-hydrogen) atoms. The lowest BCUT2D eigenvalue weighted by Gasteiger charge is -2.40. The Hall–Kier alpha value is -1.42. The van der Waals surface area contributed by atoms with Crippen molar-refractivity contribution in [2.24, 2.45) is 0 Å². The Morgan fingerprint density at radius 2 is 1.82 bits per heavy atom. The van der Waals surface area contributed by atoms with Crippen LogP contribution in [0, 0.1) is 0 Å². The number of rotatable bonds is 12. The summed E-state index contributed by atoms with van der Waals surface area (Å²) < 4.78 is 0. The number of hydrogen-bond donors (Lipinski definition) is 1. The third kappa shape index (κ3) is 6.58. The van der Waals surface area contributed by atoms with Crippen LogP contribution in [0.25, 0.3) is 0 Å². The molecule has 2 fully saturated rings. The van der Waals surface area contributed by atoms with Crippen LogP contribution in [-0.2, 0) is 6.54 Å². The van der Waals surface area contributed by atoms with Gasteiger partial charge >= 0.3 is 0 Å². The van der Waals surface area contributed by atoms with Gasteiger partial charge in [-0.2, -0.15) is 0 Å². The molecule has 1 aromatic rings. The van der Waals surface area contributed by atoms with E-state index in [0.717, 1.165) is 32.5 Å². The van der Waals surface area contributed by atoms with E-state index >= 15 is 0 Å². The van der Waals surface area contributed by atoms with Gasteiger partial charge in [-0.05, 0) is 37.7 Å². The fraction of sp³-hybridized carbons (Fsp3) is 0.600. The first kappa shape index (κ1) is 21.3. The first-order chi connectivity index (χ1) is 13.7. The molecule has 2 aliphatic rings. The molecule has 1 aromatic carbocycles. The maximum atomic E-state index is 4.14. The summed E-state index contributed by atoms with van der Waals surface area (Å²) in [6, 6.07) is 10.9. The molecule has 154 valence electrons. The van der Waals surface area contributed by atoms with Crippen molar-refractivity contribution >= 4 is 0 Å². The van der Waals surface area contributed by atoms with Crippen LogP contribution < -0.4 is 5.32 Å². The van der Waals surface area contributed by atoms with Gasteiger partial charge in [-0.3, -0.25) is 9.80 Å². The Balaban J connectivity index is 1.30. The summed E-state index contributed by atoms with van der Waals surface area (Å²) in [5, 5.41) is 3.69. The summed E-state index contributed by atoms with van der Waals surface area (Å²) in [4.78, 5) is 5.35. The molecular formula is C25H39N3. The molecule has 0 amide bonds. The van der Waals surface area contributed by atoms with Crippen LogP contribution >= 0.6 is 0 Å². The van der Waals surface area contributed by atoms with E-state index < -0.39 is 0 Å². The molecule has 0 bridgehead atoms. The largest absolute Gasteiger partial charge is 0.311 e. The molecule has 0 atom stereocenters. The van der Waals surface area contributed by atoms with E-state index in [1.54, 1.807) is 0 Å². The van der Waals surface area contributed by atoms with Crippen LogP contribution in [0.15, 0.2) is 54.6 Å². The highest BCUT2D eigenvalue weighted by molar-refractivity contribution is 5.15. The highest BCUT2D eigenvalue weighted by atomic mass is 15.3. The quantitative estimate of drug-likeness (QED) is 0.421. The van der Waals surface area contributed by atoms with E-state index in [9.17, 15) is 0 Å². The van der Waals surface area contributed by atoms with Crippen molar-refractivity contribution in [2.45, 2.75) is 57.5 Å². The molecular weight excluding hydrogens is 342 g/mol. The lowest BCUT2D eigenvalue weighted by molar-refractivity contribution is 0.0806. The Kier molecular flexibility index (Phi) is 8.32. The summed E-state index contributed by atoms with van der Waals surface area (Å²) in [5.41, 5.74) is 3.27. The van der Waals surface area contributed by atoms with Gasteiger partial charge < -0.3 is 5.32 Å². The van der Waals surface area contributed by atoms with Gasteiger partial charge in [0.15, 0.2) is 0 Å². The summed E-state index contributed by atoms with van der Waals surface area (Å²) in [6.45, 7) is 14.4. The Bertz CT molecular complexity index is 610. The Labute approximate surface area is 172 Å². The molecule has 1 aliphatic heterocycles. The van der Waals surface area contributed by atoms with Gasteiger partial charge in [-0.25, -0.2) is 0 Å².